The van der Waals surface area contributed by atoms with Gasteiger partial charge in [0.05, 0.1) is 16.6 Å². The van der Waals surface area contributed by atoms with Crippen LogP contribution in [0.1, 0.15) is 15.9 Å². The molecule has 0 saturated carbocycles. The molecular formula is C22H22N6O. The van der Waals surface area contributed by atoms with E-state index in [1.54, 1.807) is 19.4 Å². The Balaban J connectivity index is 1.86. The van der Waals surface area contributed by atoms with Gasteiger partial charge in [0.25, 0.3) is 5.91 Å². The van der Waals surface area contributed by atoms with Crippen molar-refractivity contribution in [1.29, 1.82) is 0 Å². The van der Waals surface area contributed by atoms with Crippen LogP contribution in [-0.2, 0) is 6.54 Å². The normalized spacial score (nSPS) is 10.9. The van der Waals surface area contributed by atoms with Gasteiger partial charge in [-0.2, -0.15) is 0 Å². The largest absolute Gasteiger partial charge is 0.355 e. The molecule has 146 valence electrons. The summed E-state index contributed by atoms with van der Waals surface area (Å²) in [6.07, 6.45) is 3.56. The second-order valence-electron chi connectivity index (χ2n) is 6.96. The number of anilines is 1. The number of nitrogens with one attached hydrogen (secondary N) is 1. The Bertz CT molecular complexity index is 1150. The lowest BCUT2D eigenvalue weighted by Gasteiger charge is -2.12. The van der Waals surface area contributed by atoms with Crippen molar-refractivity contribution in [1.82, 2.24) is 24.8 Å². The van der Waals surface area contributed by atoms with E-state index in [2.05, 4.69) is 32.0 Å². The molecule has 0 aliphatic rings. The van der Waals surface area contributed by atoms with E-state index >= 15 is 0 Å². The van der Waals surface area contributed by atoms with Crippen LogP contribution in [0.3, 0.4) is 0 Å². The number of benzene rings is 2. The highest BCUT2D eigenvalue weighted by molar-refractivity contribution is 5.97. The standard InChI is InChI=1S/C22H22N6O/c1-23-21(29)16-9-10-19-18(11-16)26-20(17-12-24-22(25-13-17)27(2)3)28(19)14-15-7-5-4-6-8-15/h4-13H,14H2,1-3H3,(H,23,29). The fourth-order valence-electron chi connectivity index (χ4n) is 3.23. The summed E-state index contributed by atoms with van der Waals surface area (Å²) < 4.78 is 2.13. The highest BCUT2D eigenvalue weighted by Crippen LogP contribution is 2.26. The second kappa shape index (κ2) is 7.71. The molecule has 0 spiro atoms. The third-order valence-electron chi connectivity index (χ3n) is 4.72. The van der Waals surface area contributed by atoms with E-state index < -0.39 is 0 Å². The first-order valence-electron chi connectivity index (χ1n) is 9.33. The molecular weight excluding hydrogens is 364 g/mol. The number of aromatic nitrogens is 4. The van der Waals surface area contributed by atoms with E-state index in [0.29, 0.717) is 18.1 Å². The minimum Gasteiger partial charge on any atom is -0.355 e. The molecule has 7 heteroatoms. The van der Waals surface area contributed by atoms with Gasteiger partial charge in [-0.3, -0.25) is 4.79 Å². The average Bonchev–Trinajstić information content (AvgIpc) is 3.11. The van der Waals surface area contributed by atoms with E-state index in [4.69, 9.17) is 4.98 Å². The highest BCUT2D eigenvalue weighted by Gasteiger charge is 2.16. The third-order valence-corrected chi connectivity index (χ3v) is 4.72. The summed E-state index contributed by atoms with van der Waals surface area (Å²) in [4.78, 5) is 27.6. The smallest absolute Gasteiger partial charge is 0.251 e. The molecule has 29 heavy (non-hydrogen) atoms. The number of hydrogen-bond acceptors (Lipinski definition) is 5. The second-order valence-corrected chi connectivity index (χ2v) is 6.96. The monoisotopic (exact) mass is 386 g/mol. The van der Waals surface area contributed by atoms with E-state index in [9.17, 15) is 4.79 Å². The molecule has 7 nitrogen and oxygen atoms in total. The zero-order valence-corrected chi connectivity index (χ0v) is 16.6. The van der Waals surface area contributed by atoms with Crippen molar-refractivity contribution in [2.24, 2.45) is 0 Å². The van der Waals surface area contributed by atoms with Crippen LogP contribution in [0.5, 0.6) is 0 Å². The van der Waals surface area contributed by atoms with Crippen LogP contribution in [0.15, 0.2) is 60.9 Å². The van der Waals surface area contributed by atoms with Gasteiger partial charge in [0.1, 0.15) is 5.82 Å². The SMILES string of the molecule is CNC(=O)c1ccc2c(c1)nc(-c1cnc(N(C)C)nc1)n2Cc1ccccc1. The molecule has 0 radical (unpaired) electrons. The Hall–Kier alpha value is -3.74. The van der Waals surface area contributed by atoms with Crippen molar-refractivity contribution in [3.63, 3.8) is 0 Å². The Morgan fingerprint density at radius 1 is 1.07 bits per heavy atom. The Kier molecular flexibility index (Phi) is 4.95. The molecule has 4 aromatic rings. The Morgan fingerprint density at radius 2 is 1.79 bits per heavy atom. The van der Waals surface area contributed by atoms with Gasteiger partial charge in [-0.25, -0.2) is 15.0 Å². The minimum absolute atomic E-state index is 0.135. The number of amides is 1. The number of fused-ring (bicyclic) bond motifs is 1. The zero-order valence-electron chi connectivity index (χ0n) is 16.6. The van der Waals surface area contributed by atoms with Crippen LogP contribution in [0.25, 0.3) is 22.4 Å². The fraction of sp³-hybridized carbons (Fsp3) is 0.182. The van der Waals surface area contributed by atoms with Gasteiger partial charge in [-0.1, -0.05) is 30.3 Å². The minimum atomic E-state index is -0.135. The van der Waals surface area contributed by atoms with Gasteiger partial charge >= 0.3 is 0 Å². The molecule has 0 atom stereocenters. The number of nitrogens with zero attached hydrogens (tertiary/aromatic N) is 5. The fourth-order valence-corrected chi connectivity index (χ4v) is 3.23. The average molecular weight is 386 g/mol. The Labute approximate surface area is 169 Å². The predicted molar refractivity (Wildman–Crippen MR) is 114 cm³/mol. The van der Waals surface area contributed by atoms with E-state index in [1.807, 2.05) is 55.4 Å². The number of imidazole rings is 1. The van der Waals surface area contributed by atoms with Crippen LogP contribution < -0.4 is 10.2 Å². The van der Waals surface area contributed by atoms with Gasteiger partial charge in [0, 0.05) is 45.6 Å². The zero-order chi connectivity index (χ0) is 20.4. The van der Waals surface area contributed by atoms with Gasteiger partial charge < -0.3 is 14.8 Å². The third kappa shape index (κ3) is 3.67. The molecule has 2 aromatic carbocycles. The number of rotatable bonds is 5. The molecule has 1 amide bonds. The molecule has 2 heterocycles. The molecule has 0 saturated heterocycles. The van der Waals surface area contributed by atoms with Gasteiger partial charge in [0.2, 0.25) is 5.95 Å². The maximum absolute atomic E-state index is 12.0. The predicted octanol–water partition coefficient (Wildman–Crippen LogP) is 2.97. The lowest BCUT2D eigenvalue weighted by atomic mass is 10.2. The van der Waals surface area contributed by atoms with Crippen LogP contribution >= 0.6 is 0 Å². The molecule has 2 aromatic heterocycles. The molecule has 0 aliphatic heterocycles. The van der Waals surface area contributed by atoms with Crippen LogP contribution in [0, 0.1) is 0 Å². The summed E-state index contributed by atoms with van der Waals surface area (Å²) in [5.74, 6) is 1.27. The van der Waals surface area contributed by atoms with Gasteiger partial charge in [0.15, 0.2) is 0 Å². The molecule has 0 fully saturated rings. The summed E-state index contributed by atoms with van der Waals surface area (Å²) in [6.45, 7) is 0.654. The van der Waals surface area contributed by atoms with E-state index in [0.717, 1.165) is 28.0 Å². The van der Waals surface area contributed by atoms with Crippen molar-refractivity contribution < 1.29 is 4.79 Å². The van der Waals surface area contributed by atoms with Crippen molar-refractivity contribution in [3.8, 4) is 11.4 Å². The summed E-state index contributed by atoms with van der Waals surface area (Å²) in [5.41, 5.74) is 4.27. The summed E-state index contributed by atoms with van der Waals surface area (Å²) in [6, 6.07) is 15.8. The first kappa shape index (κ1) is 18.6. The number of carbonyl (C=O) groups excluding carboxylic acids is 1. The van der Waals surface area contributed by atoms with Crippen molar-refractivity contribution in [3.05, 3.63) is 72.1 Å². The first-order chi connectivity index (χ1) is 14.1. The van der Waals surface area contributed by atoms with Gasteiger partial charge in [-0.05, 0) is 23.8 Å². The summed E-state index contributed by atoms with van der Waals surface area (Å²) >= 11 is 0. The van der Waals surface area contributed by atoms with Crippen molar-refractivity contribution >= 4 is 22.9 Å². The van der Waals surface area contributed by atoms with E-state index in [1.165, 1.54) is 0 Å². The molecule has 1 N–H and O–H groups in total. The maximum atomic E-state index is 12.0. The van der Waals surface area contributed by atoms with Crippen LogP contribution in [0.4, 0.5) is 5.95 Å². The van der Waals surface area contributed by atoms with E-state index in [-0.39, 0.29) is 5.91 Å². The number of hydrogen-bond donors (Lipinski definition) is 1. The van der Waals surface area contributed by atoms with Crippen LogP contribution in [0.2, 0.25) is 0 Å². The highest BCUT2D eigenvalue weighted by atomic mass is 16.1. The summed E-state index contributed by atoms with van der Waals surface area (Å²) in [5, 5.41) is 2.66. The number of carbonyl (C=O) groups is 1. The van der Waals surface area contributed by atoms with Crippen molar-refractivity contribution in [2.45, 2.75) is 6.54 Å². The maximum Gasteiger partial charge on any atom is 0.251 e. The first-order valence-corrected chi connectivity index (χ1v) is 9.33. The lowest BCUT2D eigenvalue weighted by Crippen LogP contribution is -2.17. The Morgan fingerprint density at radius 3 is 2.45 bits per heavy atom. The molecule has 0 bridgehead atoms. The lowest BCUT2D eigenvalue weighted by molar-refractivity contribution is 0.0963. The molecule has 4 rings (SSSR count). The van der Waals surface area contributed by atoms with Crippen molar-refractivity contribution in [2.75, 3.05) is 26.0 Å². The quantitative estimate of drug-likeness (QED) is 0.571. The summed E-state index contributed by atoms with van der Waals surface area (Å²) in [7, 11) is 5.43. The topological polar surface area (TPSA) is 75.9 Å². The molecule has 0 unspecified atom stereocenters. The van der Waals surface area contributed by atoms with Crippen LogP contribution in [-0.4, -0.2) is 46.6 Å². The molecule has 0 aliphatic carbocycles. The van der Waals surface area contributed by atoms with Gasteiger partial charge in [-0.15, -0.1) is 0 Å².